The van der Waals surface area contributed by atoms with Crippen molar-refractivity contribution in [2.75, 3.05) is 11.5 Å². The molecule has 0 radical (unpaired) electrons. The van der Waals surface area contributed by atoms with Crippen LogP contribution >= 0.6 is 11.6 Å². The van der Waals surface area contributed by atoms with E-state index in [1.54, 1.807) is 18.2 Å². The third kappa shape index (κ3) is 6.49. The number of anilines is 2. The Bertz CT molecular complexity index is 378. The average molecular weight is 241 g/mol. The zero-order valence-corrected chi connectivity index (χ0v) is 8.46. The summed E-state index contributed by atoms with van der Waals surface area (Å²) in [6.45, 7) is 0. The van der Waals surface area contributed by atoms with Crippen molar-refractivity contribution in [3.63, 3.8) is 0 Å². The van der Waals surface area contributed by atoms with Crippen molar-refractivity contribution in [2.45, 2.75) is 0 Å². The van der Waals surface area contributed by atoms with E-state index in [-0.39, 0.29) is 0 Å². The molecule has 0 fully saturated rings. The quantitative estimate of drug-likeness (QED) is 0.393. The predicted molar refractivity (Wildman–Crippen MR) is 54.5 cm³/mol. The summed E-state index contributed by atoms with van der Waals surface area (Å²) in [6, 6.07) is 5.17. The van der Waals surface area contributed by atoms with Gasteiger partial charge in [0.2, 0.25) is 0 Å². The molecule has 1 aromatic carbocycles. The number of hydrogen-bond acceptors (Lipinski definition) is 4. The van der Waals surface area contributed by atoms with Gasteiger partial charge in [0.05, 0.1) is 16.4 Å². The molecule has 0 unspecified atom stereocenters. The molecule has 0 saturated carbocycles. The number of benzene rings is 1. The second kappa shape index (κ2) is 5.01. The molecular formula is C6H9ClN2O4S. The second-order valence-electron chi connectivity index (χ2n) is 2.20. The van der Waals surface area contributed by atoms with Crippen molar-refractivity contribution in [1.82, 2.24) is 0 Å². The molecule has 0 aliphatic rings. The molecule has 6 N–H and O–H groups in total. The number of nitrogen functional groups attached to an aromatic ring is 2. The van der Waals surface area contributed by atoms with Crippen molar-refractivity contribution in [1.29, 1.82) is 0 Å². The number of rotatable bonds is 0. The van der Waals surface area contributed by atoms with Crippen LogP contribution in [0.3, 0.4) is 0 Å². The van der Waals surface area contributed by atoms with Crippen molar-refractivity contribution >= 4 is 33.4 Å². The summed E-state index contributed by atoms with van der Waals surface area (Å²) in [5.41, 5.74) is 11.9. The Balaban J connectivity index is 0.000000292. The predicted octanol–water partition coefficient (Wildman–Crippen LogP) is 0.852. The smallest absolute Gasteiger partial charge is 0.394 e. The van der Waals surface area contributed by atoms with Crippen LogP contribution in [0, 0.1) is 0 Å². The van der Waals surface area contributed by atoms with Crippen molar-refractivity contribution in [3.05, 3.63) is 23.2 Å². The Morgan fingerprint density at radius 1 is 1.14 bits per heavy atom. The van der Waals surface area contributed by atoms with Gasteiger partial charge in [-0.15, -0.1) is 0 Å². The van der Waals surface area contributed by atoms with Crippen molar-refractivity contribution in [3.8, 4) is 0 Å². The maximum Gasteiger partial charge on any atom is 0.394 e. The second-order valence-corrected chi connectivity index (χ2v) is 3.47. The van der Waals surface area contributed by atoms with Crippen LogP contribution in [-0.4, -0.2) is 17.5 Å². The molecular weight excluding hydrogens is 232 g/mol. The van der Waals surface area contributed by atoms with E-state index in [2.05, 4.69) is 0 Å². The summed E-state index contributed by atoms with van der Waals surface area (Å²) >= 11 is 5.63. The molecule has 0 bridgehead atoms. The average Bonchev–Trinajstić information content (AvgIpc) is 1.97. The van der Waals surface area contributed by atoms with Crippen LogP contribution in [0.25, 0.3) is 0 Å². The van der Waals surface area contributed by atoms with Crippen molar-refractivity contribution < 1.29 is 17.5 Å². The van der Waals surface area contributed by atoms with Crippen LogP contribution in [0.1, 0.15) is 0 Å². The van der Waals surface area contributed by atoms with Crippen LogP contribution in [0.15, 0.2) is 18.2 Å². The van der Waals surface area contributed by atoms with Gasteiger partial charge in [0, 0.05) is 0 Å². The van der Waals surface area contributed by atoms with Crippen LogP contribution < -0.4 is 11.5 Å². The summed E-state index contributed by atoms with van der Waals surface area (Å²) in [6.07, 6.45) is 0. The maximum atomic E-state index is 8.74. The van der Waals surface area contributed by atoms with Crippen LogP contribution in [-0.2, 0) is 10.4 Å². The molecule has 0 heterocycles. The highest BCUT2D eigenvalue weighted by molar-refractivity contribution is 7.79. The minimum absolute atomic E-state index is 0.442. The molecule has 0 spiro atoms. The summed E-state index contributed by atoms with van der Waals surface area (Å²) in [7, 11) is -4.67. The van der Waals surface area contributed by atoms with Gasteiger partial charge in [-0.1, -0.05) is 17.7 Å². The molecule has 0 aromatic heterocycles. The maximum absolute atomic E-state index is 8.74. The molecule has 0 atom stereocenters. The summed E-state index contributed by atoms with van der Waals surface area (Å²) in [5.74, 6) is 0. The van der Waals surface area contributed by atoms with Gasteiger partial charge >= 0.3 is 10.4 Å². The van der Waals surface area contributed by atoms with Gasteiger partial charge in [0.25, 0.3) is 0 Å². The minimum Gasteiger partial charge on any atom is -0.397 e. The first-order valence-corrected chi connectivity index (χ1v) is 4.98. The highest BCUT2D eigenvalue weighted by atomic mass is 35.5. The van der Waals surface area contributed by atoms with E-state index in [9.17, 15) is 0 Å². The lowest BCUT2D eigenvalue weighted by molar-refractivity contribution is 0.381. The lowest BCUT2D eigenvalue weighted by Crippen LogP contribution is -1.90. The van der Waals surface area contributed by atoms with Gasteiger partial charge in [-0.25, -0.2) is 0 Å². The third-order valence-electron chi connectivity index (χ3n) is 1.06. The Kier molecular flexibility index (Phi) is 4.64. The molecule has 0 amide bonds. The molecule has 80 valence electrons. The van der Waals surface area contributed by atoms with E-state index < -0.39 is 10.4 Å². The number of hydrogen-bond donors (Lipinski definition) is 4. The Hall–Kier alpha value is -1.02. The van der Waals surface area contributed by atoms with E-state index in [0.29, 0.717) is 16.4 Å². The van der Waals surface area contributed by atoms with E-state index in [4.69, 9.17) is 40.6 Å². The van der Waals surface area contributed by atoms with E-state index >= 15 is 0 Å². The summed E-state index contributed by atoms with van der Waals surface area (Å²) in [5, 5.41) is 0.442. The van der Waals surface area contributed by atoms with Crippen molar-refractivity contribution in [2.24, 2.45) is 0 Å². The van der Waals surface area contributed by atoms with Gasteiger partial charge < -0.3 is 11.5 Å². The van der Waals surface area contributed by atoms with Gasteiger partial charge in [0.1, 0.15) is 0 Å². The Labute approximate surface area is 86.1 Å². The topological polar surface area (TPSA) is 127 Å². The first-order chi connectivity index (χ1) is 6.22. The van der Waals surface area contributed by atoms with Gasteiger partial charge in [0.15, 0.2) is 0 Å². The molecule has 0 aliphatic heterocycles. The highest BCUT2D eigenvalue weighted by Gasteiger charge is 1.96. The molecule has 0 saturated heterocycles. The minimum atomic E-state index is -4.67. The van der Waals surface area contributed by atoms with Crippen LogP contribution in [0.4, 0.5) is 11.4 Å². The van der Waals surface area contributed by atoms with E-state index in [0.717, 1.165) is 0 Å². The zero-order valence-electron chi connectivity index (χ0n) is 6.88. The fraction of sp³-hybridized carbons (Fsp3) is 0. The van der Waals surface area contributed by atoms with E-state index in [1.165, 1.54) is 0 Å². The highest BCUT2D eigenvalue weighted by Crippen LogP contribution is 2.24. The molecule has 6 nitrogen and oxygen atoms in total. The number of halogens is 1. The molecule has 14 heavy (non-hydrogen) atoms. The third-order valence-corrected chi connectivity index (χ3v) is 1.49. The summed E-state index contributed by atoms with van der Waals surface area (Å²) in [4.78, 5) is 0. The zero-order chi connectivity index (χ0) is 11.4. The SMILES string of the molecule is Nc1cccc(N)c1Cl.O=S(=O)(O)O. The van der Waals surface area contributed by atoms with Gasteiger partial charge in [-0.3, -0.25) is 9.11 Å². The first-order valence-electron chi connectivity index (χ1n) is 3.21. The monoisotopic (exact) mass is 240 g/mol. The van der Waals surface area contributed by atoms with Crippen LogP contribution in [0.5, 0.6) is 0 Å². The number of nitrogens with two attached hydrogens (primary N) is 2. The van der Waals surface area contributed by atoms with Gasteiger partial charge in [-0.05, 0) is 12.1 Å². The standard InChI is InChI=1S/C6H7ClN2.H2O4S/c7-6-4(8)2-1-3-5(6)9;1-5(2,3)4/h1-3H,8-9H2;(H2,1,2,3,4). The lowest BCUT2D eigenvalue weighted by atomic mass is 10.3. The first kappa shape index (κ1) is 13.0. The molecule has 1 rings (SSSR count). The van der Waals surface area contributed by atoms with E-state index in [1.807, 2.05) is 0 Å². The Morgan fingerprint density at radius 3 is 1.64 bits per heavy atom. The Morgan fingerprint density at radius 2 is 1.43 bits per heavy atom. The molecule has 0 aliphatic carbocycles. The molecule has 8 heteroatoms. The molecule has 1 aromatic rings. The normalized spacial score (nSPS) is 10.2. The fourth-order valence-corrected chi connectivity index (χ4v) is 0.694. The lowest BCUT2D eigenvalue weighted by Gasteiger charge is -1.98. The largest absolute Gasteiger partial charge is 0.397 e. The van der Waals surface area contributed by atoms with Gasteiger partial charge in [-0.2, -0.15) is 8.42 Å². The van der Waals surface area contributed by atoms with Crippen LogP contribution in [0.2, 0.25) is 5.02 Å². The summed E-state index contributed by atoms with van der Waals surface area (Å²) < 4.78 is 31.6. The fourth-order valence-electron chi connectivity index (χ4n) is 0.568.